The second-order valence-electron chi connectivity index (χ2n) is 11.0. The number of nitrogens with zero attached hydrogens (tertiary/aromatic N) is 1. The average Bonchev–Trinajstić information content (AvgIpc) is 3.55. The predicted octanol–water partition coefficient (Wildman–Crippen LogP) is 5.23. The topological polar surface area (TPSA) is 94.5 Å². The molecular weight excluding hydrogens is 522 g/mol. The first-order chi connectivity index (χ1) is 19.9. The molecule has 214 valence electrons. The van der Waals surface area contributed by atoms with E-state index in [0.717, 1.165) is 35.3 Å². The van der Waals surface area contributed by atoms with Crippen molar-refractivity contribution in [2.24, 2.45) is 0 Å². The van der Waals surface area contributed by atoms with E-state index in [4.69, 9.17) is 18.9 Å². The summed E-state index contributed by atoms with van der Waals surface area (Å²) >= 11 is 0. The molecule has 8 nitrogen and oxygen atoms in total. The van der Waals surface area contributed by atoms with Gasteiger partial charge in [0.05, 0.1) is 26.2 Å². The van der Waals surface area contributed by atoms with Crippen LogP contribution >= 0.6 is 0 Å². The van der Waals surface area contributed by atoms with Crippen molar-refractivity contribution in [3.63, 3.8) is 0 Å². The lowest BCUT2D eigenvalue weighted by Gasteiger charge is -2.26. The summed E-state index contributed by atoms with van der Waals surface area (Å²) in [5.41, 5.74) is 7.99. The van der Waals surface area contributed by atoms with E-state index in [0.29, 0.717) is 44.4 Å². The van der Waals surface area contributed by atoms with Gasteiger partial charge >= 0.3 is 5.97 Å². The van der Waals surface area contributed by atoms with Gasteiger partial charge in [-0.25, -0.2) is 0 Å². The summed E-state index contributed by atoms with van der Waals surface area (Å²) in [6, 6.07) is 16.2. The highest BCUT2D eigenvalue weighted by Crippen LogP contribution is 2.44. The Kier molecular flexibility index (Phi) is 7.58. The molecule has 41 heavy (non-hydrogen) atoms. The van der Waals surface area contributed by atoms with Gasteiger partial charge in [-0.15, -0.1) is 0 Å². The Morgan fingerprint density at radius 3 is 2.54 bits per heavy atom. The van der Waals surface area contributed by atoms with Crippen molar-refractivity contribution >= 4 is 11.9 Å². The number of carboxylic acids is 1. The molecule has 2 heterocycles. The molecule has 0 aromatic heterocycles. The highest BCUT2D eigenvalue weighted by atomic mass is 16.5. The molecule has 3 aliphatic rings. The van der Waals surface area contributed by atoms with Crippen LogP contribution in [-0.2, 0) is 20.7 Å². The molecule has 8 heteroatoms. The molecule has 6 rings (SSSR count). The molecule has 1 amide bonds. The van der Waals surface area contributed by atoms with Gasteiger partial charge in [-0.2, -0.15) is 0 Å². The molecule has 2 aliphatic heterocycles. The summed E-state index contributed by atoms with van der Waals surface area (Å²) < 4.78 is 23.5. The molecule has 0 spiro atoms. The first kappa shape index (κ1) is 27.1. The zero-order valence-corrected chi connectivity index (χ0v) is 23.5. The van der Waals surface area contributed by atoms with Crippen LogP contribution in [0.2, 0.25) is 0 Å². The Hall–Kier alpha value is -4.04. The minimum atomic E-state index is -0.823. The molecule has 3 aromatic carbocycles. The van der Waals surface area contributed by atoms with Gasteiger partial charge in [-0.1, -0.05) is 24.3 Å². The Morgan fingerprint density at radius 2 is 1.78 bits per heavy atom. The van der Waals surface area contributed by atoms with Crippen molar-refractivity contribution < 1.29 is 33.6 Å². The number of benzene rings is 3. The van der Waals surface area contributed by atoms with Crippen LogP contribution in [-0.4, -0.2) is 61.4 Å². The van der Waals surface area contributed by atoms with Crippen LogP contribution in [0.1, 0.15) is 52.7 Å². The summed E-state index contributed by atoms with van der Waals surface area (Å²) in [5.74, 6) is 1.17. The zero-order valence-electron chi connectivity index (χ0n) is 23.5. The van der Waals surface area contributed by atoms with E-state index in [9.17, 15) is 14.7 Å². The van der Waals surface area contributed by atoms with Gasteiger partial charge in [-0.05, 0) is 78.3 Å². The fraction of sp³-hybridized carbons (Fsp3) is 0.394. The van der Waals surface area contributed by atoms with Crippen molar-refractivity contribution in [2.45, 2.75) is 45.1 Å². The van der Waals surface area contributed by atoms with Crippen molar-refractivity contribution in [1.82, 2.24) is 4.90 Å². The number of carbonyl (C=O) groups is 2. The maximum Gasteiger partial charge on any atom is 0.304 e. The summed E-state index contributed by atoms with van der Waals surface area (Å²) in [6.45, 7) is 6.94. The minimum Gasteiger partial charge on any atom is -0.492 e. The number of fused-ring (bicyclic) bond motifs is 2. The third-order valence-corrected chi connectivity index (χ3v) is 8.28. The monoisotopic (exact) mass is 557 g/mol. The Labute approximate surface area is 239 Å². The van der Waals surface area contributed by atoms with Crippen LogP contribution in [0, 0.1) is 13.8 Å². The quantitative estimate of drug-likeness (QED) is 0.406. The molecule has 0 radical (unpaired) electrons. The van der Waals surface area contributed by atoms with Crippen LogP contribution < -0.4 is 14.2 Å². The number of morpholine rings is 1. The number of aryl methyl sites for hydroxylation is 2. The molecular formula is C33H35NO7. The van der Waals surface area contributed by atoms with Crippen molar-refractivity contribution in [3.05, 3.63) is 76.3 Å². The number of carboxylic acid groups (broad SMARTS) is 1. The van der Waals surface area contributed by atoms with Gasteiger partial charge in [0.15, 0.2) is 6.61 Å². The molecule has 1 N–H and O–H groups in total. The number of hydrogen-bond acceptors (Lipinski definition) is 6. The molecule has 0 bridgehead atoms. The molecule has 0 saturated carbocycles. The van der Waals surface area contributed by atoms with Gasteiger partial charge in [0.1, 0.15) is 23.4 Å². The number of rotatable bonds is 8. The number of aliphatic carboxylic acids is 1. The number of ether oxygens (including phenoxy) is 4. The van der Waals surface area contributed by atoms with E-state index >= 15 is 0 Å². The summed E-state index contributed by atoms with van der Waals surface area (Å²) in [5, 5.41) is 9.17. The molecule has 1 fully saturated rings. The van der Waals surface area contributed by atoms with E-state index in [-0.39, 0.29) is 31.0 Å². The summed E-state index contributed by atoms with van der Waals surface area (Å²) in [4.78, 5) is 25.5. The molecule has 1 saturated heterocycles. The fourth-order valence-corrected chi connectivity index (χ4v) is 6.33. The second kappa shape index (κ2) is 11.4. The average molecular weight is 558 g/mol. The smallest absolute Gasteiger partial charge is 0.304 e. The van der Waals surface area contributed by atoms with Gasteiger partial charge < -0.3 is 29.0 Å². The Morgan fingerprint density at radius 1 is 1.00 bits per heavy atom. The number of amides is 1. The van der Waals surface area contributed by atoms with Gasteiger partial charge in [0.2, 0.25) is 0 Å². The highest BCUT2D eigenvalue weighted by molar-refractivity contribution is 5.79. The predicted molar refractivity (Wildman–Crippen MR) is 153 cm³/mol. The van der Waals surface area contributed by atoms with Crippen molar-refractivity contribution in [2.75, 3.05) is 39.5 Å². The third kappa shape index (κ3) is 5.61. The Balaban J connectivity index is 1.18. The van der Waals surface area contributed by atoms with Crippen LogP contribution in [0.4, 0.5) is 0 Å². The van der Waals surface area contributed by atoms with E-state index in [2.05, 4.69) is 32.0 Å². The number of carbonyl (C=O) groups excluding carboxylic acids is 1. The van der Waals surface area contributed by atoms with Crippen LogP contribution in [0.3, 0.4) is 0 Å². The Bertz CT molecular complexity index is 1450. The van der Waals surface area contributed by atoms with E-state index in [1.54, 1.807) is 4.90 Å². The maximum absolute atomic E-state index is 12.5. The lowest BCUT2D eigenvalue weighted by atomic mass is 9.90. The fourth-order valence-electron chi connectivity index (χ4n) is 6.33. The highest BCUT2D eigenvalue weighted by Gasteiger charge is 2.30. The first-order valence-corrected chi connectivity index (χ1v) is 14.2. The molecule has 1 aliphatic carbocycles. The van der Waals surface area contributed by atoms with Gasteiger partial charge in [0.25, 0.3) is 5.91 Å². The molecule has 2 unspecified atom stereocenters. The lowest BCUT2D eigenvalue weighted by Crippen LogP contribution is -2.42. The molecule has 3 aromatic rings. The second-order valence-corrected chi connectivity index (χ2v) is 11.0. The van der Waals surface area contributed by atoms with E-state index in [1.165, 1.54) is 22.3 Å². The largest absolute Gasteiger partial charge is 0.492 e. The van der Waals surface area contributed by atoms with Gasteiger partial charge in [0, 0.05) is 30.6 Å². The minimum absolute atomic E-state index is 0.0189. The van der Waals surface area contributed by atoms with Crippen molar-refractivity contribution in [3.8, 4) is 28.4 Å². The van der Waals surface area contributed by atoms with Crippen LogP contribution in [0.15, 0.2) is 48.5 Å². The van der Waals surface area contributed by atoms with Crippen LogP contribution in [0.25, 0.3) is 11.1 Å². The number of hydrogen-bond donors (Lipinski definition) is 1. The summed E-state index contributed by atoms with van der Waals surface area (Å²) in [7, 11) is 0. The first-order valence-electron chi connectivity index (χ1n) is 14.2. The standard InChI is InChI=1S/C33H35NO7/c1-20-14-24(39-19-31(35)34-10-12-38-13-11-34)15-21(2)33(20)28-5-3-4-27-26(28)8-9-29(27)41-23-6-7-25-22(16-32(36)37)18-40-30(25)17-23/h3-7,14-15,17,22,29H,8-13,16,18-19H2,1-2H3,(H,36,37). The third-order valence-electron chi connectivity index (χ3n) is 8.28. The maximum atomic E-state index is 12.5. The zero-order chi connectivity index (χ0) is 28.5. The summed E-state index contributed by atoms with van der Waals surface area (Å²) in [6.07, 6.45) is 1.76. The molecule has 2 atom stereocenters. The van der Waals surface area contributed by atoms with Gasteiger partial charge in [-0.3, -0.25) is 9.59 Å². The van der Waals surface area contributed by atoms with Crippen LogP contribution in [0.5, 0.6) is 17.2 Å². The van der Waals surface area contributed by atoms with E-state index < -0.39 is 5.97 Å². The van der Waals surface area contributed by atoms with Crippen molar-refractivity contribution in [1.29, 1.82) is 0 Å². The lowest BCUT2D eigenvalue weighted by molar-refractivity contribution is -0.138. The normalized spacial score (nSPS) is 19.3. The van der Waals surface area contributed by atoms with E-state index in [1.807, 2.05) is 30.3 Å². The SMILES string of the molecule is Cc1cc(OCC(=O)N2CCOCC2)cc(C)c1-c1cccc2c1CCC2Oc1ccc2c(c1)OCC2CC(=O)O.